The van der Waals surface area contributed by atoms with E-state index >= 15 is 0 Å². The quantitative estimate of drug-likeness (QED) is 0.689. The van der Waals surface area contributed by atoms with E-state index in [2.05, 4.69) is 23.9 Å². The summed E-state index contributed by atoms with van der Waals surface area (Å²) in [5.74, 6) is 0. The van der Waals surface area contributed by atoms with Crippen molar-refractivity contribution in [2.75, 3.05) is 13.1 Å². The monoisotopic (exact) mass is 316 g/mol. The summed E-state index contributed by atoms with van der Waals surface area (Å²) in [6, 6.07) is 1.78. The number of thiophene rings is 1. The van der Waals surface area contributed by atoms with Gasteiger partial charge in [0.15, 0.2) is 0 Å². The lowest BCUT2D eigenvalue weighted by molar-refractivity contribution is 0.476. The molecule has 1 saturated carbocycles. The molecule has 20 heavy (non-hydrogen) atoms. The van der Waals surface area contributed by atoms with Gasteiger partial charge in [-0.2, -0.15) is 0 Å². The first-order valence-electron chi connectivity index (χ1n) is 7.29. The third kappa shape index (κ3) is 4.04. The summed E-state index contributed by atoms with van der Waals surface area (Å²) in [4.78, 5) is 1.47. The number of hydrogen-bond donors (Lipinski definition) is 2. The van der Waals surface area contributed by atoms with Gasteiger partial charge in [-0.15, -0.1) is 11.3 Å². The van der Waals surface area contributed by atoms with Crippen molar-refractivity contribution in [2.45, 2.75) is 51.0 Å². The highest BCUT2D eigenvalue weighted by molar-refractivity contribution is 7.89. The van der Waals surface area contributed by atoms with E-state index in [1.54, 1.807) is 11.4 Å². The van der Waals surface area contributed by atoms with Gasteiger partial charge in [0.05, 0.1) is 4.90 Å². The summed E-state index contributed by atoms with van der Waals surface area (Å²) < 4.78 is 27.3. The smallest absolute Gasteiger partial charge is 0.241 e. The van der Waals surface area contributed by atoms with E-state index in [-0.39, 0.29) is 5.41 Å². The number of sulfonamides is 1. The fraction of sp³-hybridized carbons (Fsp3) is 0.714. The van der Waals surface area contributed by atoms with Crippen molar-refractivity contribution in [3.8, 4) is 0 Å². The molecule has 0 radical (unpaired) electrons. The van der Waals surface area contributed by atoms with Crippen LogP contribution in [0.25, 0.3) is 0 Å². The van der Waals surface area contributed by atoms with Crippen LogP contribution < -0.4 is 10.0 Å². The predicted octanol–water partition coefficient (Wildman–Crippen LogP) is 2.72. The van der Waals surface area contributed by atoms with Crippen LogP contribution in [0.3, 0.4) is 0 Å². The van der Waals surface area contributed by atoms with E-state index in [0.29, 0.717) is 11.4 Å². The van der Waals surface area contributed by atoms with Crippen LogP contribution in [0.5, 0.6) is 0 Å². The Morgan fingerprint density at radius 2 is 2.10 bits per heavy atom. The lowest BCUT2D eigenvalue weighted by Gasteiger charge is -2.12. The Morgan fingerprint density at radius 3 is 2.70 bits per heavy atom. The number of hydrogen-bond acceptors (Lipinski definition) is 4. The van der Waals surface area contributed by atoms with Gasteiger partial charge in [-0.1, -0.05) is 13.8 Å². The van der Waals surface area contributed by atoms with Gasteiger partial charge in [-0.05, 0) is 43.7 Å². The molecular formula is C14H24N2O2S2. The Morgan fingerprint density at radius 1 is 1.35 bits per heavy atom. The van der Waals surface area contributed by atoms with E-state index in [0.717, 1.165) is 43.6 Å². The second-order valence-corrected chi connectivity index (χ2v) is 8.37. The molecule has 0 spiro atoms. The second-order valence-electron chi connectivity index (χ2n) is 5.60. The number of rotatable bonds is 9. The maximum absolute atomic E-state index is 12.2. The van der Waals surface area contributed by atoms with Crippen LogP contribution in [-0.2, 0) is 16.6 Å². The molecule has 1 fully saturated rings. The van der Waals surface area contributed by atoms with Gasteiger partial charge in [-0.25, -0.2) is 13.1 Å². The first-order chi connectivity index (χ1) is 9.51. The van der Waals surface area contributed by atoms with Crippen LogP contribution in [0, 0.1) is 5.41 Å². The van der Waals surface area contributed by atoms with Gasteiger partial charge >= 0.3 is 0 Å². The molecule has 1 heterocycles. The van der Waals surface area contributed by atoms with Crippen LogP contribution in [0.15, 0.2) is 16.3 Å². The third-order valence-electron chi connectivity index (χ3n) is 4.01. The Hall–Kier alpha value is -0.430. The van der Waals surface area contributed by atoms with Gasteiger partial charge in [0, 0.05) is 23.3 Å². The zero-order valence-corrected chi connectivity index (χ0v) is 13.9. The largest absolute Gasteiger partial charge is 0.312 e. The molecule has 6 heteroatoms. The first kappa shape index (κ1) is 15.9. The van der Waals surface area contributed by atoms with E-state index in [1.807, 2.05) is 0 Å². The summed E-state index contributed by atoms with van der Waals surface area (Å²) in [6.45, 7) is 6.52. The van der Waals surface area contributed by atoms with Crippen molar-refractivity contribution in [3.05, 3.63) is 16.3 Å². The molecule has 2 rings (SSSR count). The minimum absolute atomic E-state index is 0.231. The molecule has 0 aliphatic heterocycles. The Kier molecular flexibility index (Phi) is 5.23. The molecule has 114 valence electrons. The predicted molar refractivity (Wildman–Crippen MR) is 83.5 cm³/mol. The van der Waals surface area contributed by atoms with Crippen molar-refractivity contribution in [1.82, 2.24) is 10.0 Å². The fourth-order valence-electron chi connectivity index (χ4n) is 2.15. The SMILES string of the molecule is CCCNCc1cc(S(=O)(=O)NCC2(CC)CC2)cs1. The van der Waals surface area contributed by atoms with Crippen LogP contribution >= 0.6 is 11.3 Å². The van der Waals surface area contributed by atoms with E-state index < -0.39 is 10.0 Å². The second kappa shape index (κ2) is 6.56. The fourth-order valence-corrected chi connectivity index (χ4v) is 4.55. The standard InChI is InChI=1S/C14H24N2O2S2/c1-3-7-15-9-12-8-13(10-19-12)20(17,18)16-11-14(4-2)5-6-14/h8,10,15-16H,3-7,9,11H2,1-2H3. The van der Waals surface area contributed by atoms with Gasteiger partial charge in [0.1, 0.15) is 0 Å². The lowest BCUT2D eigenvalue weighted by Crippen LogP contribution is -2.29. The van der Waals surface area contributed by atoms with Crippen molar-refractivity contribution >= 4 is 21.4 Å². The van der Waals surface area contributed by atoms with Crippen LogP contribution in [-0.4, -0.2) is 21.5 Å². The highest BCUT2D eigenvalue weighted by Gasteiger charge is 2.41. The molecular weight excluding hydrogens is 292 g/mol. The zero-order chi connectivity index (χ0) is 14.6. The molecule has 0 atom stereocenters. The van der Waals surface area contributed by atoms with Crippen molar-refractivity contribution in [3.63, 3.8) is 0 Å². The molecule has 0 aromatic carbocycles. The van der Waals surface area contributed by atoms with E-state index in [1.165, 1.54) is 11.3 Å². The number of nitrogens with one attached hydrogen (secondary N) is 2. The molecule has 2 N–H and O–H groups in total. The molecule has 1 aliphatic rings. The molecule has 4 nitrogen and oxygen atoms in total. The van der Waals surface area contributed by atoms with Gasteiger partial charge in [-0.3, -0.25) is 0 Å². The Bertz CT molecular complexity index is 533. The lowest BCUT2D eigenvalue weighted by atomic mass is 10.1. The van der Waals surface area contributed by atoms with Gasteiger partial charge < -0.3 is 5.32 Å². The minimum Gasteiger partial charge on any atom is -0.312 e. The van der Waals surface area contributed by atoms with Crippen molar-refractivity contribution in [2.24, 2.45) is 5.41 Å². The maximum Gasteiger partial charge on any atom is 0.241 e. The third-order valence-corrected chi connectivity index (χ3v) is 6.48. The summed E-state index contributed by atoms with van der Waals surface area (Å²) in [7, 11) is -3.34. The topological polar surface area (TPSA) is 58.2 Å². The minimum atomic E-state index is -3.34. The Balaban J connectivity index is 1.92. The maximum atomic E-state index is 12.2. The van der Waals surface area contributed by atoms with Crippen molar-refractivity contribution in [1.29, 1.82) is 0 Å². The average molecular weight is 316 g/mol. The van der Waals surface area contributed by atoms with Crippen LogP contribution in [0.1, 0.15) is 44.4 Å². The highest BCUT2D eigenvalue weighted by atomic mass is 32.2. The van der Waals surface area contributed by atoms with Gasteiger partial charge in [0.2, 0.25) is 10.0 Å². The zero-order valence-electron chi connectivity index (χ0n) is 12.2. The summed E-state index contributed by atoms with van der Waals surface area (Å²) in [5.41, 5.74) is 0.231. The highest BCUT2D eigenvalue weighted by Crippen LogP contribution is 2.48. The normalized spacial score (nSPS) is 17.3. The molecule has 0 bridgehead atoms. The molecule has 1 aliphatic carbocycles. The Labute approximate surface area is 126 Å². The van der Waals surface area contributed by atoms with E-state index in [4.69, 9.17) is 0 Å². The average Bonchev–Trinajstić information content (AvgIpc) is 3.06. The first-order valence-corrected chi connectivity index (χ1v) is 9.65. The van der Waals surface area contributed by atoms with Crippen LogP contribution in [0.2, 0.25) is 0 Å². The van der Waals surface area contributed by atoms with Crippen LogP contribution in [0.4, 0.5) is 0 Å². The van der Waals surface area contributed by atoms with E-state index in [9.17, 15) is 8.42 Å². The van der Waals surface area contributed by atoms with Crippen molar-refractivity contribution < 1.29 is 8.42 Å². The molecule has 1 aromatic heterocycles. The molecule has 0 unspecified atom stereocenters. The summed E-state index contributed by atoms with van der Waals surface area (Å²) in [6.07, 6.45) is 4.41. The molecule has 0 amide bonds. The summed E-state index contributed by atoms with van der Waals surface area (Å²) >= 11 is 1.50. The summed E-state index contributed by atoms with van der Waals surface area (Å²) in [5, 5.41) is 5.02. The van der Waals surface area contributed by atoms with Gasteiger partial charge in [0.25, 0.3) is 0 Å². The molecule has 0 saturated heterocycles. The molecule has 1 aromatic rings.